The third-order valence-corrected chi connectivity index (χ3v) is 2.33. The molecule has 1 aromatic rings. The maximum atomic E-state index is 11.5. The van der Waals surface area contributed by atoms with Gasteiger partial charge in [-0.15, -0.1) is 0 Å². The molecule has 0 spiro atoms. The van der Waals surface area contributed by atoms with Gasteiger partial charge in [-0.2, -0.15) is 5.26 Å². The van der Waals surface area contributed by atoms with Crippen molar-refractivity contribution < 1.29 is 9.59 Å². The van der Waals surface area contributed by atoms with Gasteiger partial charge in [0.2, 0.25) is 0 Å². The Morgan fingerprint density at radius 2 is 2.00 bits per heavy atom. The summed E-state index contributed by atoms with van der Waals surface area (Å²) >= 11 is 0. The average molecular weight is 200 g/mol. The zero-order valence-electron chi connectivity index (χ0n) is 7.93. The van der Waals surface area contributed by atoms with Crippen molar-refractivity contribution >= 4 is 17.4 Å². The van der Waals surface area contributed by atoms with Gasteiger partial charge in [0, 0.05) is 6.54 Å². The first-order chi connectivity index (χ1) is 7.25. The predicted octanol–water partition coefficient (Wildman–Crippen LogP) is 1.13. The van der Waals surface area contributed by atoms with Gasteiger partial charge < -0.3 is 4.90 Å². The van der Waals surface area contributed by atoms with E-state index in [1.165, 1.54) is 4.90 Å². The Labute approximate surface area is 86.7 Å². The lowest BCUT2D eigenvalue weighted by molar-refractivity contribution is -0.114. The number of anilines is 1. The summed E-state index contributed by atoms with van der Waals surface area (Å²) in [4.78, 5) is 24.4. The number of carbonyl (C=O) groups is 2. The van der Waals surface area contributed by atoms with Gasteiger partial charge in [0.15, 0.2) is 0 Å². The fourth-order valence-electron chi connectivity index (χ4n) is 1.63. The number of amides is 1. The van der Waals surface area contributed by atoms with Crippen LogP contribution in [0.4, 0.5) is 5.69 Å². The van der Waals surface area contributed by atoms with Gasteiger partial charge in [-0.05, 0) is 12.1 Å². The summed E-state index contributed by atoms with van der Waals surface area (Å²) in [5, 5.41) is 8.45. The predicted molar refractivity (Wildman–Crippen MR) is 53.4 cm³/mol. The molecule has 0 unspecified atom stereocenters. The lowest BCUT2D eigenvalue weighted by Gasteiger charge is -2.13. The minimum absolute atomic E-state index is 0.230. The second-order valence-electron chi connectivity index (χ2n) is 3.21. The van der Waals surface area contributed by atoms with Gasteiger partial charge in [0.05, 0.1) is 23.7 Å². The van der Waals surface area contributed by atoms with E-state index >= 15 is 0 Å². The van der Waals surface area contributed by atoms with Crippen LogP contribution in [0.2, 0.25) is 0 Å². The van der Waals surface area contributed by atoms with Crippen molar-refractivity contribution in [3.63, 3.8) is 0 Å². The number of nitrogens with zero attached hydrogens (tertiary/aromatic N) is 2. The molecule has 0 bridgehead atoms. The summed E-state index contributed by atoms with van der Waals surface area (Å²) in [5.74, 6) is -1.02. The molecule has 1 heterocycles. The minimum Gasteiger partial charge on any atom is -0.304 e. The van der Waals surface area contributed by atoms with Crippen molar-refractivity contribution in [3.05, 3.63) is 29.8 Å². The third-order valence-electron chi connectivity index (χ3n) is 2.33. The molecule has 15 heavy (non-hydrogen) atoms. The van der Waals surface area contributed by atoms with Gasteiger partial charge in [-0.25, -0.2) is 0 Å². The fraction of sp³-hybridized carbons (Fsp3) is 0.182. The van der Waals surface area contributed by atoms with Crippen molar-refractivity contribution in [2.45, 2.75) is 6.42 Å². The van der Waals surface area contributed by atoms with Crippen LogP contribution in [-0.2, 0) is 4.79 Å². The molecule has 0 saturated heterocycles. The van der Waals surface area contributed by atoms with E-state index < -0.39 is 11.7 Å². The Bertz CT molecular complexity index is 474. The Hall–Kier alpha value is -2.15. The van der Waals surface area contributed by atoms with Crippen LogP contribution in [0.5, 0.6) is 0 Å². The Morgan fingerprint density at radius 1 is 1.27 bits per heavy atom. The van der Waals surface area contributed by atoms with Crippen LogP contribution in [-0.4, -0.2) is 18.2 Å². The molecule has 4 nitrogen and oxygen atoms in total. The first kappa shape index (κ1) is 9.41. The summed E-state index contributed by atoms with van der Waals surface area (Å²) in [5.41, 5.74) is 1.04. The van der Waals surface area contributed by atoms with E-state index in [4.69, 9.17) is 5.26 Å². The topological polar surface area (TPSA) is 61.2 Å². The Balaban J connectivity index is 2.39. The molecule has 0 fully saturated rings. The van der Waals surface area contributed by atoms with Crippen molar-refractivity contribution in [1.82, 2.24) is 0 Å². The average Bonchev–Trinajstić information content (AvgIpc) is 2.51. The Morgan fingerprint density at radius 3 is 2.73 bits per heavy atom. The summed E-state index contributed by atoms with van der Waals surface area (Å²) in [7, 11) is 0. The van der Waals surface area contributed by atoms with Crippen LogP contribution in [0.3, 0.4) is 0 Å². The van der Waals surface area contributed by atoms with Gasteiger partial charge in [0.1, 0.15) is 0 Å². The number of hydrogen-bond donors (Lipinski definition) is 0. The van der Waals surface area contributed by atoms with E-state index in [1.807, 2.05) is 6.07 Å². The van der Waals surface area contributed by atoms with E-state index in [9.17, 15) is 9.59 Å². The fourth-order valence-corrected chi connectivity index (χ4v) is 1.63. The van der Waals surface area contributed by atoms with Crippen LogP contribution < -0.4 is 4.90 Å². The molecule has 1 amide bonds. The molecule has 0 aromatic heterocycles. The van der Waals surface area contributed by atoms with Crippen molar-refractivity contribution in [2.75, 3.05) is 11.4 Å². The molecular formula is C11H8N2O2. The molecule has 0 atom stereocenters. The molecule has 2 rings (SSSR count). The molecule has 1 aromatic carbocycles. The molecular weight excluding hydrogens is 192 g/mol. The highest BCUT2D eigenvalue weighted by Gasteiger charge is 2.34. The van der Waals surface area contributed by atoms with Crippen LogP contribution in [0.1, 0.15) is 16.8 Å². The highest BCUT2D eigenvalue weighted by molar-refractivity contribution is 6.52. The van der Waals surface area contributed by atoms with Crippen LogP contribution in [0.15, 0.2) is 24.3 Å². The molecule has 74 valence electrons. The highest BCUT2D eigenvalue weighted by atomic mass is 16.2. The normalized spacial score (nSPS) is 13.9. The zero-order valence-corrected chi connectivity index (χ0v) is 7.93. The number of rotatable bonds is 2. The number of Topliss-reactive ketones (excluding diaryl/α,β-unsaturated/α-hetero) is 1. The summed E-state index contributed by atoms with van der Waals surface area (Å²) in [6.07, 6.45) is 0.230. The largest absolute Gasteiger partial charge is 0.304 e. The molecule has 0 saturated carbocycles. The Kier molecular flexibility index (Phi) is 2.22. The number of carbonyl (C=O) groups excluding carboxylic acids is 2. The van der Waals surface area contributed by atoms with Crippen LogP contribution in [0.25, 0.3) is 0 Å². The van der Waals surface area contributed by atoms with Gasteiger partial charge >= 0.3 is 0 Å². The number of para-hydroxylation sites is 1. The molecule has 1 aliphatic heterocycles. The van der Waals surface area contributed by atoms with E-state index in [1.54, 1.807) is 24.3 Å². The smallest absolute Gasteiger partial charge is 0.299 e. The third kappa shape index (κ3) is 1.38. The molecule has 1 aliphatic rings. The SMILES string of the molecule is N#CCCN1C(=O)C(=O)c2ccccc21. The summed E-state index contributed by atoms with van der Waals surface area (Å²) < 4.78 is 0. The summed E-state index contributed by atoms with van der Waals surface area (Å²) in [6, 6.07) is 8.79. The number of fused-ring (bicyclic) bond motifs is 1. The second kappa shape index (κ2) is 3.54. The molecule has 4 heteroatoms. The minimum atomic E-state index is -0.536. The van der Waals surface area contributed by atoms with Crippen LogP contribution in [0, 0.1) is 11.3 Å². The number of benzene rings is 1. The van der Waals surface area contributed by atoms with Crippen molar-refractivity contribution in [3.8, 4) is 6.07 Å². The monoisotopic (exact) mass is 200 g/mol. The zero-order chi connectivity index (χ0) is 10.8. The standard InChI is InChI=1S/C11H8N2O2/c12-6-3-7-13-9-5-2-1-4-8(9)10(14)11(13)15/h1-2,4-5H,3,7H2. The molecule has 0 N–H and O–H groups in total. The lowest BCUT2D eigenvalue weighted by atomic mass is 10.1. The van der Waals surface area contributed by atoms with Gasteiger partial charge in [-0.1, -0.05) is 12.1 Å². The van der Waals surface area contributed by atoms with E-state index in [0.717, 1.165) is 0 Å². The van der Waals surface area contributed by atoms with Crippen molar-refractivity contribution in [2.24, 2.45) is 0 Å². The quantitative estimate of drug-likeness (QED) is 0.672. The van der Waals surface area contributed by atoms with E-state index in [0.29, 0.717) is 11.3 Å². The maximum Gasteiger partial charge on any atom is 0.299 e. The first-order valence-electron chi connectivity index (χ1n) is 4.58. The van der Waals surface area contributed by atoms with Gasteiger partial charge in [-0.3, -0.25) is 9.59 Å². The van der Waals surface area contributed by atoms with Crippen LogP contribution >= 0.6 is 0 Å². The number of hydrogen-bond acceptors (Lipinski definition) is 3. The molecule has 0 radical (unpaired) electrons. The van der Waals surface area contributed by atoms with E-state index in [-0.39, 0.29) is 13.0 Å². The number of ketones is 1. The van der Waals surface area contributed by atoms with Crippen molar-refractivity contribution in [1.29, 1.82) is 5.26 Å². The van der Waals surface area contributed by atoms with Gasteiger partial charge in [0.25, 0.3) is 11.7 Å². The first-order valence-corrected chi connectivity index (χ1v) is 4.58. The summed E-state index contributed by atoms with van der Waals surface area (Å²) in [6.45, 7) is 0.276. The lowest BCUT2D eigenvalue weighted by Crippen LogP contribution is -2.30. The molecule has 0 aliphatic carbocycles. The highest BCUT2D eigenvalue weighted by Crippen LogP contribution is 2.28. The maximum absolute atomic E-state index is 11.5. The second-order valence-corrected chi connectivity index (χ2v) is 3.21. The number of nitriles is 1. The van der Waals surface area contributed by atoms with E-state index in [2.05, 4.69) is 0 Å².